The highest BCUT2D eigenvalue weighted by atomic mass is 16.2. The lowest BCUT2D eigenvalue weighted by Gasteiger charge is -2.15. The number of rotatable bonds is 2. The summed E-state index contributed by atoms with van der Waals surface area (Å²) < 4.78 is 0. The lowest BCUT2D eigenvalue weighted by Crippen LogP contribution is -2.27. The van der Waals surface area contributed by atoms with Gasteiger partial charge in [-0.3, -0.25) is 9.78 Å². The van der Waals surface area contributed by atoms with Crippen LogP contribution in [0.1, 0.15) is 23.2 Å². The van der Waals surface area contributed by atoms with Crippen molar-refractivity contribution >= 4 is 11.7 Å². The van der Waals surface area contributed by atoms with Gasteiger partial charge in [0, 0.05) is 36.6 Å². The fraction of sp³-hybridized carbons (Fsp3) is 0.267. The van der Waals surface area contributed by atoms with Gasteiger partial charge in [-0.2, -0.15) is 0 Å². The molecule has 0 unspecified atom stereocenters. The van der Waals surface area contributed by atoms with Gasteiger partial charge in [-0.05, 0) is 37.1 Å². The Morgan fingerprint density at radius 2 is 1.95 bits per heavy atom. The zero-order valence-corrected chi connectivity index (χ0v) is 11.1. The fourth-order valence-corrected chi connectivity index (χ4v) is 2.38. The highest BCUT2D eigenvalue weighted by Crippen LogP contribution is 2.19. The third kappa shape index (κ3) is 2.47. The maximum Gasteiger partial charge on any atom is 0.253 e. The Kier molecular flexibility index (Phi) is 3.33. The summed E-state index contributed by atoms with van der Waals surface area (Å²) in [7, 11) is 0. The molecular formula is C15H16N4O. The summed E-state index contributed by atoms with van der Waals surface area (Å²) in [6, 6.07) is 7.16. The Bertz CT molecular complexity index is 618. The molecule has 2 aromatic heterocycles. The van der Waals surface area contributed by atoms with Crippen molar-refractivity contribution in [2.24, 2.45) is 0 Å². The SMILES string of the molecule is Nc1ccc(-c2cc(C(=O)N3CCCC3)ccn2)cn1. The number of pyridine rings is 2. The average Bonchev–Trinajstić information content (AvgIpc) is 3.01. The molecule has 102 valence electrons. The number of carbonyl (C=O) groups is 1. The van der Waals surface area contributed by atoms with Gasteiger partial charge in [0.1, 0.15) is 5.82 Å². The summed E-state index contributed by atoms with van der Waals surface area (Å²) in [5, 5.41) is 0. The van der Waals surface area contributed by atoms with Crippen LogP contribution in [0.4, 0.5) is 5.82 Å². The van der Waals surface area contributed by atoms with Gasteiger partial charge in [-0.15, -0.1) is 0 Å². The van der Waals surface area contributed by atoms with E-state index < -0.39 is 0 Å². The number of aromatic nitrogens is 2. The first kappa shape index (κ1) is 12.6. The minimum atomic E-state index is 0.0783. The van der Waals surface area contributed by atoms with E-state index in [1.54, 1.807) is 24.5 Å². The molecule has 0 spiro atoms. The maximum absolute atomic E-state index is 12.3. The van der Waals surface area contributed by atoms with E-state index in [1.165, 1.54) is 0 Å². The van der Waals surface area contributed by atoms with Crippen LogP contribution >= 0.6 is 0 Å². The van der Waals surface area contributed by atoms with Gasteiger partial charge in [-0.25, -0.2) is 4.98 Å². The molecular weight excluding hydrogens is 252 g/mol. The van der Waals surface area contributed by atoms with Crippen molar-refractivity contribution in [3.05, 3.63) is 42.2 Å². The summed E-state index contributed by atoms with van der Waals surface area (Å²) in [6.07, 6.45) is 5.51. The smallest absolute Gasteiger partial charge is 0.253 e. The Balaban J connectivity index is 1.89. The van der Waals surface area contributed by atoms with Gasteiger partial charge < -0.3 is 10.6 Å². The van der Waals surface area contributed by atoms with Gasteiger partial charge in [0.2, 0.25) is 0 Å². The Labute approximate surface area is 117 Å². The molecule has 2 aromatic rings. The minimum absolute atomic E-state index is 0.0783. The van der Waals surface area contributed by atoms with Crippen LogP contribution < -0.4 is 5.73 Å². The average molecular weight is 268 g/mol. The van der Waals surface area contributed by atoms with E-state index in [2.05, 4.69) is 9.97 Å². The van der Waals surface area contributed by atoms with Crippen molar-refractivity contribution in [2.45, 2.75) is 12.8 Å². The number of nitrogens with two attached hydrogens (primary N) is 1. The number of likely N-dealkylation sites (tertiary alicyclic amines) is 1. The molecule has 2 N–H and O–H groups in total. The number of nitrogens with zero attached hydrogens (tertiary/aromatic N) is 3. The first-order valence-corrected chi connectivity index (χ1v) is 6.71. The van der Waals surface area contributed by atoms with Crippen LogP contribution in [-0.4, -0.2) is 33.9 Å². The van der Waals surface area contributed by atoms with Gasteiger partial charge >= 0.3 is 0 Å². The highest BCUT2D eigenvalue weighted by molar-refractivity contribution is 5.95. The Hall–Kier alpha value is -2.43. The molecule has 0 atom stereocenters. The minimum Gasteiger partial charge on any atom is -0.384 e. The molecule has 3 rings (SSSR count). The largest absolute Gasteiger partial charge is 0.384 e. The number of hydrogen-bond acceptors (Lipinski definition) is 4. The van der Waals surface area contributed by atoms with Crippen LogP contribution in [-0.2, 0) is 0 Å². The molecule has 0 saturated carbocycles. The first-order chi connectivity index (χ1) is 9.74. The number of anilines is 1. The highest BCUT2D eigenvalue weighted by Gasteiger charge is 2.19. The van der Waals surface area contributed by atoms with Crippen LogP contribution in [0.3, 0.4) is 0 Å². The molecule has 1 aliphatic heterocycles. The molecule has 1 saturated heterocycles. The zero-order chi connectivity index (χ0) is 13.9. The summed E-state index contributed by atoms with van der Waals surface area (Å²) in [6.45, 7) is 1.69. The molecule has 1 fully saturated rings. The molecule has 20 heavy (non-hydrogen) atoms. The zero-order valence-electron chi connectivity index (χ0n) is 11.1. The fourth-order valence-electron chi connectivity index (χ4n) is 2.38. The molecule has 5 heteroatoms. The van der Waals surface area contributed by atoms with Gasteiger partial charge in [-0.1, -0.05) is 0 Å². The third-order valence-electron chi connectivity index (χ3n) is 3.48. The predicted molar refractivity (Wildman–Crippen MR) is 77.0 cm³/mol. The standard InChI is InChI=1S/C15H16N4O/c16-14-4-3-12(10-18-14)13-9-11(5-6-17-13)15(20)19-7-1-2-8-19/h3-6,9-10H,1-2,7-8H2,(H2,16,18). The summed E-state index contributed by atoms with van der Waals surface area (Å²) in [4.78, 5) is 22.6. The van der Waals surface area contributed by atoms with Crippen molar-refractivity contribution < 1.29 is 4.79 Å². The van der Waals surface area contributed by atoms with Crippen molar-refractivity contribution in [3.8, 4) is 11.3 Å². The van der Waals surface area contributed by atoms with E-state index in [9.17, 15) is 4.79 Å². The molecule has 1 amide bonds. The van der Waals surface area contributed by atoms with Crippen LogP contribution in [0.25, 0.3) is 11.3 Å². The second-order valence-electron chi connectivity index (χ2n) is 4.90. The summed E-state index contributed by atoms with van der Waals surface area (Å²) in [5.41, 5.74) is 7.84. The summed E-state index contributed by atoms with van der Waals surface area (Å²) >= 11 is 0. The molecule has 0 radical (unpaired) electrons. The van der Waals surface area contributed by atoms with Gasteiger partial charge in [0.05, 0.1) is 5.69 Å². The lowest BCUT2D eigenvalue weighted by molar-refractivity contribution is 0.0793. The van der Waals surface area contributed by atoms with Crippen molar-refractivity contribution in [1.29, 1.82) is 0 Å². The van der Waals surface area contributed by atoms with Crippen LogP contribution in [0, 0.1) is 0 Å². The maximum atomic E-state index is 12.3. The number of hydrogen-bond donors (Lipinski definition) is 1. The summed E-state index contributed by atoms with van der Waals surface area (Å²) in [5.74, 6) is 0.549. The molecule has 1 aliphatic rings. The van der Waals surface area contributed by atoms with Crippen LogP contribution in [0.15, 0.2) is 36.7 Å². The number of carbonyl (C=O) groups excluding carboxylic acids is 1. The van der Waals surface area contributed by atoms with Crippen LogP contribution in [0.2, 0.25) is 0 Å². The second-order valence-corrected chi connectivity index (χ2v) is 4.90. The van der Waals surface area contributed by atoms with Gasteiger partial charge in [0.15, 0.2) is 0 Å². The molecule has 0 aromatic carbocycles. The van der Waals surface area contributed by atoms with Crippen LogP contribution in [0.5, 0.6) is 0 Å². The predicted octanol–water partition coefficient (Wildman–Crippen LogP) is 1.96. The van der Waals surface area contributed by atoms with Crippen molar-refractivity contribution in [2.75, 3.05) is 18.8 Å². The Morgan fingerprint density at radius 3 is 2.65 bits per heavy atom. The third-order valence-corrected chi connectivity index (χ3v) is 3.48. The molecule has 0 bridgehead atoms. The van der Waals surface area contributed by atoms with Gasteiger partial charge in [0.25, 0.3) is 5.91 Å². The normalized spacial score (nSPS) is 14.5. The van der Waals surface area contributed by atoms with E-state index in [4.69, 9.17) is 5.73 Å². The van der Waals surface area contributed by atoms with Crippen molar-refractivity contribution in [1.82, 2.24) is 14.9 Å². The molecule has 0 aliphatic carbocycles. The topological polar surface area (TPSA) is 72.1 Å². The number of amides is 1. The van der Waals surface area contributed by atoms with E-state index in [0.717, 1.165) is 37.2 Å². The molecule has 3 heterocycles. The van der Waals surface area contributed by atoms with E-state index in [1.807, 2.05) is 17.0 Å². The first-order valence-electron chi connectivity index (χ1n) is 6.71. The lowest BCUT2D eigenvalue weighted by atomic mass is 10.1. The van der Waals surface area contributed by atoms with E-state index in [-0.39, 0.29) is 5.91 Å². The monoisotopic (exact) mass is 268 g/mol. The van der Waals surface area contributed by atoms with E-state index >= 15 is 0 Å². The Morgan fingerprint density at radius 1 is 1.15 bits per heavy atom. The van der Waals surface area contributed by atoms with E-state index in [0.29, 0.717) is 11.4 Å². The molecule has 5 nitrogen and oxygen atoms in total. The number of nitrogen functional groups attached to an aromatic ring is 1. The van der Waals surface area contributed by atoms with Crippen molar-refractivity contribution in [3.63, 3.8) is 0 Å². The quantitative estimate of drug-likeness (QED) is 0.903. The second kappa shape index (κ2) is 5.28.